The van der Waals surface area contributed by atoms with Crippen molar-refractivity contribution in [3.05, 3.63) is 90.0 Å². The summed E-state index contributed by atoms with van der Waals surface area (Å²) in [7, 11) is 0. The third kappa shape index (κ3) is 5.75. The van der Waals surface area contributed by atoms with E-state index in [0.29, 0.717) is 30.1 Å². The largest absolute Gasteiger partial charge is 0.482 e. The van der Waals surface area contributed by atoms with Crippen LogP contribution in [0.1, 0.15) is 23.5 Å². The Balaban J connectivity index is 1.30. The molecule has 1 saturated heterocycles. The number of anilines is 2. The monoisotopic (exact) mass is 485 g/mol. The van der Waals surface area contributed by atoms with Gasteiger partial charge in [-0.3, -0.25) is 14.5 Å². The highest BCUT2D eigenvalue weighted by Gasteiger charge is 2.27. The van der Waals surface area contributed by atoms with Crippen LogP contribution >= 0.6 is 0 Å². The van der Waals surface area contributed by atoms with E-state index in [1.165, 1.54) is 0 Å². The Hall–Kier alpha value is -3.68. The van der Waals surface area contributed by atoms with Gasteiger partial charge in [0.1, 0.15) is 5.75 Å². The second-order valence-corrected chi connectivity index (χ2v) is 9.10. The summed E-state index contributed by atoms with van der Waals surface area (Å²) in [6, 6.07) is 25.6. The van der Waals surface area contributed by atoms with Crippen LogP contribution in [0.5, 0.6) is 5.75 Å². The molecule has 2 amide bonds. The summed E-state index contributed by atoms with van der Waals surface area (Å²) in [6.45, 7) is 4.53. The molecule has 5 rings (SSSR count). The third-order valence-electron chi connectivity index (χ3n) is 6.72. The molecule has 3 aromatic carbocycles. The van der Waals surface area contributed by atoms with Crippen LogP contribution in [0.2, 0.25) is 0 Å². The Morgan fingerprint density at radius 1 is 0.889 bits per heavy atom. The highest BCUT2D eigenvalue weighted by atomic mass is 16.5. The van der Waals surface area contributed by atoms with Crippen LogP contribution in [0.3, 0.4) is 0 Å². The molecule has 2 aliphatic rings. The van der Waals surface area contributed by atoms with Crippen molar-refractivity contribution in [2.24, 2.45) is 0 Å². The molecule has 3 aromatic rings. The van der Waals surface area contributed by atoms with Crippen LogP contribution in [0.4, 0.5) is 11.4 Å². The molecule has 7 nitrogen and oxygen atoms in total. The molecule has 0 spiro atoms. The van der Waals surface area contributed by atoms with Gasteiger partial charge in [0.2, 0.25) is 5.91 Å². The summed E-state index contributed by atoms with van der Waals surface area (Å²) in [5, 5.41) is 3.04. The molecule has 0 radical (unpaired) electrons. The average molecular weight is 486 g/mol. The van der Waals surface area contributed by atoms with E-state index < -0.39 is 0 Å². The molecule has 0 saturated carbocycles. The zero-order valence-corrected chi connectivity index (χ0v) is 20.3. The van der Waals surface area contributed by atoms with Gasteiger partial charge in [0.15, 0.2) is 6.61 Å². The minimum Gasteiger partial charge on any atom is -0.482 e. The fourth-order valence-electron chi connectivity index (χ4n) is 4.79. The van der Waals surface area contributed by atoms with Crippen LogP contribution < -0.4 is 15.0 Å². The lowest BCUT2D eigenvalue weighted by Gasteiger charge is -2.33. The van der Waals surface area contributed by atoms with Crippen molar-refractivity contribution in [3.63, 3.8) is 0 Å². The summed E-state index contributed by atoms with van der Waals surface area (Å²) >= 11 is 0. The maximum atomic E-state index is 13.2. The van der Waals surface area contributed by atoms with Crippen LogP contribution in [-0.2, 0) is 14.3 Å². The first-order valence-corrected chi connectivity index (χ1v) is 12.4. The Morgan fingerprint density at radius 3 is 2.22 bits per heavy atom. The average Bonchev–Trinajstić information content (AvgIpc) is 2.93. The van der Waals surface area contributed by atoms with Crippen molar-refractivity contribution in [3.8, 4) is 5.75 Å². The zero-order chi connectivity index (χ0) is 24.7. The van der Waals surface area contributed by atoms with Gasteiger partial charge >= 0.3 is 0 Å². The predicted molar refractivity (Wildman–Crippen MR) is 140 cm³/mol. The van der Waals surface area contributed by atoms with Crippen molar-refractivity contribution in [2.45, 2.75) is 12.3 Å². The molecular weight excluding hydrogens is 454 g/mol. The predicted octanol–water partition coefficient (Wildman–Crippen LogP) is 3.90. The molecule has 0 atom stereocenters. The first-order valence-electron chi connectivity index (χ1n) is 12.4. The van der Waals surface area contributed by atoms with Crippen LogP contribution in [0.25, 0.3) is 0 Å². The van der Waals surface area contributed by atoms with Gasteiger partial charge in [-0.1, -0.05) is 60.7 Å². The van der Waals surface area contributed by atoms with Crippen LogP contribution in [0.15, 0.2) is 78.9 Å². The topological polar surface area (TPSA) is 71.1 Å². The van der Waals surface area contributed by atoms with E-state index in [-0.39, 0.29) is 24.3 Å². The van der Waals surface area contributed by atoms with Crippen molar-refractivity contribution < 1.29 is 19.1 Å². The van der Waals surface area contributed by atoms with Crippen LogP contribution in [-0.4, -0.2) is 62.7 Å². The highest BCUT2D eigenvalue weighted by molar-refractivity contribution is 5.99. The summed E-state index contributed by atoms with van der Waals surface area (Å²) in [4.78, 5) is 29.9. The maximum Gasteiger partial charge on any atom is 0.265 e. The van der Waals surface area contributed by atoms with E-state index in [1.807, 2.05) is 54.6 Å². The van der Waals surface area contributed by atoms with Gasteiger partial charge in [0, 0.05) is 44.2 Å². The molecule has 1 fully saturated rings. The molecule has 186 valence electrons. The number of fused-ring (bicyclic) bond motifs is 1. The van der Waals surface area contributed by atoms with E-state index >= 15 is 0 Å². The third-order valence-corrected chi connectivity index (χ3v) is 6.72. The normalized spacial score (nSPS) is 15.9. The first kappa shape index (κ1) is 24.0. The SMILES string of the molecule is O=C(CC(c1ccccc1)c1ccccc1)Nc1ccc2c(c1)N(CCN1CCOCC1)C(=O)CO2. The number of morpholine rings is 1. The van der Waals surface area contributed by atoms with E-state index in [1.54, 1.807) is 4.90 Å². The first-order chi connectivity index (χ1) is 17.7. The second kappa shape index (κ2) is 11.4. The Labute approximate surface area is 211 Å². The van der Waals surface area contributed by atoms with Crippen molar-refractivity contribution in [1.82, 2.24) is 4.90 Å². The van der Waals surface area contributed by atoms with Gasteiger partial charge in [-0.2, -0.15) is 0 Å². The smallest absolute Gasteiger partial charge is 0.265 e. The number of rotatable bonds is 8. The molecule has 7 heteroatoms. The lowest BCUT2D eigenvalue weighted by Crippen LogP contribution is -2.45. The quantitative estimate of drug-likeness (QED) is 0.524. The number of carbonyl (C=O) groups is 2. The summed E-state index contributed by atoms with van der Waals surface area (Å²) < 4.78 is 11.1. The molecule has 0 bridgehead atoms. The second-order valence-electron chi connectivity index (χ2n) is 9.10. The highest BCUT2D eigenvalue weighted by Crippen LogP contribution is 2.35. The summed E-state index contributed by atoms with van der Waals surface area (Å²) in [5.74, 6) is 0.434. The van der Waals surface area contributed by atoms with Gasteiger partial charge in [0.05, 0.1) is 18.9 Å². The fourth-order valence-corrected chi connectivity index (χ4v) is 4.79. The summed E-state index contributed by atoms with van der Waals surface area (Å²) in [6.07, 6.45) is 0.307. The fraction of sp³-hybridized carbons (Fsp3) is 0.310. The molecule has 1 N–H and O–H groups in total. The Bertz CT molecular complexity index is 1140. The van der Waals surface area contributed by atoms with Crippen molar-refractivity contribution >= 4 is 23.2 Å². The minimum atomic E-state index is -0.0874. The van der Waals surface area contributed by atoms with Gasteiger partial charge in [0.25, 0.3) is 5.91 Å². The standard InChI is InChI=1S/C29H31N3O4/c33-28(20-25(22-7-3-1-4-8-22)23-9-5-2-6-10-23)30-24-11-12-27-26(19-24)32(29(34)21-36-27)14-13-31-15-17-35-18-16-31/h1-12,19,25H,13-18,20-21H2,(H,30,33). The molecule has 2 aliphatic heterocycles. The Kier molecular flexibility index (Phi) is 7.59. The summed E-state index contributed by atoms with van der Waals surface area (Å²) in [5.41, 5.74) is 3.53. The maximum absolute atomic E-state index is 13.2. The number of hydrogen-bond donors (Lipinski definition) is 1. The van der Waals surface area contributed by atoms with Crippen molar-refractivity contribution in [2.75, 3.05) is 56.2 Å². The lowest BCUT2D eigenvalue weighted by molar-refractivity contribution is -0.121. The van der Waals surface area contributed by atoms with Crippen LogP contribution in [0, 0.1) is 0 Å². The minimum absolute atomic E-state index is 0.0254. The molecule has 2 heterocycles. The molecule has 36 heavy (non-hydrogen) atoms. The van der Waals surface area contributed by atoms with E-state index in [4.69, 9.17) is 9.47 Å². The Morgan fingerprint density at radius 2 is 1.56 bits per heavy atom. The molecule has 0 aliphatic carbocycles. The van der Waals surface area contributed by atoms with E-state index in [9.17, 15) is 9.59 Å². The molecule has 0 unspecified atom stereocenters. The number of nitrogens with zero attached hydrogens (tertiary/aromatic N) is 2. The number of nitrogens with one attached hydrogen (secondary N) is 1. The number of benzene rings is 3. The number of carbonyl (C=O) groups excluding carboxylic acids is 2. The van der Waals surface area contributed by atoms with Crippen molar-refractivity contribution in [1.29, 1.82) is 0 Å². The number of hydrogen-bond acceptors (Lipinski definition) is 5. The van der Waals surface area contributed by atoms with Gasteiger partial charge < -0.3 is 19.7 Å². The molecule has 0 aromatic heterocycles. The number of amides is 2. The van der Waals surface area contributed by atoms with E-state index in [2.05, 4.69) is 34.5 Å². The zero-order valence-electron chi connectivity index (χ0n) is 20.3. The van der Waals surface area contributed by atoms with Gasteiger partial charge in [-0.15, -0.1) is 0 Å². The van der Waals surface area contributed by atoms with Gasteiger partial charge in [-0.05, 0) is 29.3 Å². The van der Waals surface area contributed by atoms with Gasteiger partial charge in [-0.25, -0.2) is 0 Å². The van der Waals surface area contributed by atoms with E-state index in [0.717, 1.165) is 44.0 Å². The molecular formula is C29H31N3O4. The number of ether oxygens (including phenoxy) is 2. The lowest BCUT2D eigenvalue weighted by atomic mass is 9.88.